The van der Waals surface area contributed by atoms with Crippen LogP contribution in [0.4, 0.5) is 5.13 Å². The van der Waals surface area contributed by atoms with Crippen LogP contribution in [0, 0.1) is 5.92 Å². The number of aliphatic imine (C=N–C) groups is 1. The highest BCUT2D eigenvalue weighted by molar-refractivity contribution is 7.90. The van der Waals surface area contributed by atoms with E-state index >= 15 is 0 Å². The number of carbonyl (C=O) groups is 1. The Kier molecular flexibility index (Phi) is 6.43. The molecule has 1 aromatic heterocycles. The molecule has 10 heteroatoms. The number of nitrogens with one attached hydrogen (secondary N) is 3. The van der Waals surface area contributed by atoms with Gasteiger partial charge in [0.25, 0.3) is 10.0 Å². The number of amides is 1. The molecule has 0 spiro atoms. The van der Waals surface area contributed by atoms with Crippen molar-refractivity contribution in [1.82, 2.24) is 15.0 Å². The molecule has 3 aromatic rings. The highest BCUT2D eigenvalue weighted by Crippen LogP contribution is 2.25. The molecule has 1 aliphatic rings. The second kappa shape index (κ2) is 9.25. The molecule has 3 N–H and O–H groups in total. The predicted octanol–water partition coefficient (Wildman–Crippen LogP) is 2.98. The second-order valence-corrected chi connectivity index (χ2v) is 10.3. The van der Waals surface area contributed by atoms with Crippen LogP contribution >= 0.6 is 11.3 Å². The van der Waals surface area contributed by atoms with Crippen LogP contribution in [-0.2, 0) is 14.8 Å². The molecule has 2 aromatic carbocycles. The van der Waals surface area contributed by atoms with Gasteiger partial charge in [-0.1, -0.05) is 55.9 Å². The molecule has 4 rings (SSSR count). The molecule has 168 valence electrons. The highest BCUT2D eigenvalue weighted by atomic mass is 32.2. The standard InChI is InChI=1S/C22H25N5O3S2/c1-3-14(2)19(26-20-15-8-4-7-11-18(15)32(29,30)27-20)21(28)23-12-13-24-22-25-16-9-5-6-10-17(16)31-22/h4-11,14,19H,3,12-13H2,1-2H3,(H,23,28)(H,24,25)(H,26,27)/t14-,19-/m0/s1. The molecule has 8 nitrogen and oxygen atoms in total. The van der Waals surface area contributed by atoms with Crippen molar-refractivity contribution in [3.63, 3.8) is 0 Å². The Hall–Kier alpha value is -2.98. The van der Waals surface area contributed by atoms with E-state index < -0.39 is 16.1 Å². The van der Waals surface area contributed by atoms with Gasteiger partial charge in [-0.05, 0) is 30.2 Å². The second-order valence-electron chi connectivity index (χ2n) is 7.61. The van der Waals surface area contributed by atoms with E-state index in [4.69, 9.17) is 0 Å². The summed E-state index contributed by atoms with van der Waals surface area (Å²) in [5.41, 5.74) is 1.43. The van der Waals surface area contributed by atoms with Gasteiger partial charge in [0.15, 0.2) is 5.13 Å². The van der Waals surface area contributed by atoms with E-state index in [9.17, 15) is 13.2 Å². The minimum Gasteiger partial charge on any atom is -0.360 e. The Labute approximate surface area is 191 Å². The number of anilines is 1. The Balaban J connectivity index is 1.42. The topological polar surface area (TPSA) is 113 Å². The normalized spacial score (nSPS) is 17.5. The lowest BCUT2D eigenvalue weighted by Gasteiger charge is -2.19. The van der Waals surface area contributed by atoms with E-state index in [0.29, 0.717) is 18.7 Å². The molecular formula is C22H25N5O3S2. The quantitative estimate of drug-likeness (QED) is 0.437. The number of thiazole rings is 1. The molecular weight excluding hydrogens is 446 g/mol. The largest absolute Gasteiger partial charge is 0.360 e. The van der Waals surface area contributed by atoms with Crippen molar-refractivity contribution in [3.8, 4) is 0 Å². The zero-order chi connectivity index (χ0) is 22.7. The van der Waals surface area contributed by atoms with Crippen LogP contribution in [0.25, 0.3) is 10.2 Å². The fourth-order valence-electron chi connectivity index (χ4n) is 3.44. The first-order valence-electron chi connectivity index (χ1n) is 10.5. The Morgan fingerprint density at radius 3 is 2.69 bits per heavy atom. The lowest BCUT2D eigenvalue weighted by Crippen LogP contribution is -2.40. The van der Waals surface area contributed by atoms with Crippen molar-refractivity contribution >= 4 is 48.5 Å². The van der Waals surface area contributed by atoms with Gasteiger partial charge in [-0.2, -0.15) is 0 Å². The maximum atomic E-state index is 12.9. The summed E-state index contributed by atoms with van der Waals surface area (Å²) in [5, 5.41) is 6.95. The number of sulfonamides is 1. The molecule has 0 bridgehead atoms. The van der Waals surface area contributed by atoms with Crippen molar-refractivity contribution < 1.29 is 13.2 Å². The van der Waals surface area contributed by atoms with Gasteiger partial charge in [0, 0.05) is 18.7 Å². The lowest BCUT2D eigenvalue weighted by molar-refractivity contribution is -0.123. The van der Waals surface area contributed by atoms with E-state index in [1.165, 1.54) is 6.07 Å². The molecule has 2 atom stereocenters. The SMILES string of the molecule is CC[C@H](C)[C@H](N=C1NS(=O)(=O)c2ccccc21)C(=O)NCCNc1nc2ccccc2s1. The van der Waals surface area contributed by atoms with E-state index in [0.717, 1.165) is 21.8 Å². The molecule has 1 aliphatic heterocycles. The summed E-state index contributed by atoms with van der Waals surface area (Å²) < 4.78 is 28.3. The molecule has 0 saturated heterocycles. The number of hydrogen-bond donors (Lipinski definition) is 3. The first-order chi connectivity index (χ1) is 15.4. The average Bonchev–Trinajstić information content (AvgIpc) is 3.32. The van der Waals surface area contributed by atoms with Crippen LogP contribution in [0.1, 0.15) is 25.8 Å². The van der Waals surface area contributed by atoms with Gasteiger partial charge < -0.3 is 10.6 Å². The first-order valence-corrected chi connectivity index (χ1v) is 12.8. The van der Waals surface area contributed by atoms with Gasteiger partial charge in [-0.25, -0.2) is 13.4 Å². The number of benzene rings is 2. The molecule has 32 heavy (non-hydrogen) atoms. The zero-order valence-electron chi connectivity index (χ0n) is 17.8. The predicted molar refractivity (Wildman–Crippen MR) is 128 cm³/mol. The van der Waals surface area contributed by atoms with Gasteiger partial charge in [0.2, 0.25) is 5.91 Å². The van der Waals surface area contributed by atoms with Crippen LogP contribution in [0.2, 0.25) is 0 Å². The number of fused-ring (bicyclic) bond motifs is 2. The lowest BCUT2D eigenvalue weighted by atomic mass is 9.98. The number of hydrogen-bond acceptors (Lipinski definition) is 7. The van der Waals surface area contributed by atoms with Crippen LogP contribution < -0.4 is 15.4 Å². The molecule has 0 saturated carbocycles. The number of aromatic nitrogens is 1. The van der Waals surface area contributed by atoms with Crippen molar-refractivity contribution in [2.45, 2.75) is 31.2 Å². The highest BCUT2D eigenvalue weighted by Gasteiger charge is 2.33. The van der Waals surface area contributed by atoms with Crippen LogP contribution in [0.5, 0.6) is 0 Å². The minimum atomic E-state index is -3.65. The zero-order valence-corrected chi connectivity index (χ0v) is 19.5. The summed E-state index contributed by atoms with van der Waals surface area (Å²) in [6.45, 7) is 4.83. The van der Waals surface area contributed by atoms with Gasteiger partial charge in [0.05, 0.1) is 15.1 Å². The fraction of sp³-hybridized carbons (Fsp3) is 0.318. The van der Waals surface area contributed by atoms with E-state index in [1.54, 1.807) is 29.5 Å². The third kappa shape index (κ3) is 4.61. The minimum absolute atomic E-state index is 0.0583. The van der Waals surface area contributed by atoms with Gasteiger partial charge in [-0.15, -0.1) is 0 Å². The third-order valence-electron chi connectivity index (χ3n) is 5.38. The summed E-state index contributed by atoms with van der Waals surface area (Å²) >= 11 is 1.56. The smallest absolute Gasteiger partial charge is 0.263 e. The summed E-state index contributed by atoms with van der Waals surface area (Å²) in [4.78, 5) is 22.2. The summed E-state index contributed by atoms with van der Waals surface area (Å²) in [6.07, 6.45) is 0.729. The maximum absolute atomic E-state index is 12.9. The van der Waals surface area contributed by atoms with Crippen molar-refractivity contribution in [1.29, 1.82) is 0 Å². The Bertz CT molecular complexity index is 1240. The number of nitrogens with zero attached hydrogens (tertiary/aromatic N) is 2. The monoisotopic (exact) mass is 471 g/mol. The summed E-state index contributed by atoms with van der Waals surface area (Å²) in [6, 6.07) is 13.9. The number of rotatable bonds is 8. The van der Waals surface area contributed by atoms with Crippen molar-refractivity contribution in [2.24, 2.45) is 10.9 Å². The van der Waals surface area contributed by atoms with Crippen molar-refractivity contribution in [3.05, 3.63) is 54.1 Å². The number of carbonyl (C=O) groups excluding carboxylic acids is 1. The molecule has 2 heterocycles. The molecule has 0 fully saturated rings. The van der Waals surface area contributed by atoms with Gasteiger partial charge in [0.1, 0.15) is 11.9 Å². The summed E-state index contributed by atoms with van der Waals surface area (Å²) in [5.74, 6) is -0.0767. The van der Waals surface area contributed by atoms with Crippen LogP contribution in [-0.4, -0.2) is 44.3 Å². The molecule has 1 amide bonds. The molecule has 0 unspecified atom stereocenters. The van der Waals surface area contributed by atoms with Gasteiger partial charge >= 0.3 is 0 Å². The maximum Gasteiger partial charge on any atom is 0.263 e. The molecule has 0 aliphatic carbocycles. The third-order valence-corrected chi connectivity index (χ3v) is 7.77. The van der Waals surface area contributed by atoms with Crippen LogP contribution in [0.3, 0.4) is 0 Å². The van der Waals surface area contributed by atoms with E-state index in [-0.39, 0.29) is 22.6 Å². The number of para-hydroxylation sites is 1. The van der Waals surface area contributed by atoms with E-state index in [2.05, 4.69) is 25.3 Å². The summed E-state index contributed by atoms with van der Waals surface area (Å²) in [7, 11) is -3.65. The fourth-order valence-corrected chi connectivity index (χ4v) is 5.57. The Morgan fingerprint density at radius 1 is 1.16 bits per heavy atom. The Morgan fingerprint density at radius 2 is 1.91 bits per heavy atom. The van der Waals surface area contributed by atoms with Crippen LogP contribution in [0.15, 0.2) is 58.4 Å². The first kappa shape index (κ1) is 22.2. The van der Waals surface area contributed by atoms with Crippen molar-refractivity contribution in [2.75, 3.05) is 18.4 Å². The number of amidine groups is 1. The average molecular weight is 472 g/mol. The van der Waals surface area contributed by atoms with Gasteiger partial charge in [-0.3, -0.25) is 14.5 Å². The van der Waals surface area contributed by atoms with E-state index in [1.807, 2.05) is 38.1 Å². The molecule has 0 radical (unpaired) electrons.